The Balaban J connectivity index is 1.28. The Kier molecular flexibility index (Phi) is 7.58. The molecule has 7 heteroatoms. The van der Waals surface area contributed by atoms with Crippen LogP contribution in [0.1, 0.15) is 30.4 Å². The maximum atomic E-state index is 13.0. The number of aryl methyl sites for hydroxylation is 1. The average Bonchev–Trinajstić information content (AvgIpc) is 2.79. The van der Waals surface area contributed by atoms with E-state index in [2.05, 4.69) is 46.3 Å². The first-order valence-electron chi connectivity index (χ1n) is 11.7. The molecule has 170 valence electrons. The summed E-state index contributed by atoms with van der Waals surface area (Å²) in [6.45, 7) is 10.6. The number of morpholine rings is 1. The molecule has 0 aliphatic carbocycles. The third-order valence-electron chi connectivity index (χ3n) is 6.90. The van der Waals surface area contributed by atoms with Gasteiger partial charge in [0.1, 0.15) is 0 Å². The first kappa shape index (κ1) is 22.2. The van der Waals surface area contributed by atoms with Crippen molar-refractivity contribution in [2.45, 2.75) is 38.8 Å². The highest BCUT2D eigenvalue weighted by molar-refractivity contribution is 5.88. The van der Waals surface area contributed by atoms with E-state index in [-0.39, 0.29) is 24.3 Å². The minimum Gasteiger partial charge on any atom is -0.379 e. The zero-order valence-electron chi connectivity index (χ0n) is 18.7. The van der Waals surface area contributed by atoms with E-state index in [1.54, 1.807) is 0 Å². The van der Waals surface area contributed by atoms with Crippen LogP contribution in [0.15, 0.2) is 24.3 Å². The molecule has 0 bridgehead atoms. The largest absolute Gasteiger partial charge is 0.379 e. The lowest BCUT2D eigenvalue weighted by Gasteiger charge is -2.38. The summed E-state index contributed by atoms with van der Waals surface area (Å²) < 4.78 is 5.44. The van der Waals surface area contributed by atoms with E-state index in [1.165, 1.54) is 11.1 Å². The number of rotatable bonds is 6. The van der Waals surface area contributed by atoms with Crippen molar-refractivity contribution in [1.29, 1.82) is 0 Å². The highest BCUT2D eigenvalue weighted by Crippen LogP contribution is 2.21. The Morgan fingerprint density at radius 2 is 1.77 bits per heavy atom. The molecule has 1 unspecified atom stereocenters. The first-order valence-corrected chi connectivity index (χ1v) is 11.7. The quantitative estimate of drug-likeness (QED) is 0.739. The fourth-order valence-electron chi connectivity index (χ4n) is 4.91. The maximum absolute atomic E-state index is 13.0. The van der Waals surface area contributed by atoms with Crippen LogP contribution in [0, 0.1) is 12.8 Å². The number of ether oxygens (including phenoxy) is 1. The topological polar surface area (TPSA) is 65.1 Å². The number of nitrogens with zero attached hydrogens (tertiary/aromatic N) is 3. The summed E-state index contributed by atoms with van der Waals surface area (Å²) >= 11 is 0. The van der Waals surface area contributed by atoms with Crippen LogP contribution in [0.3, 0.4) is 0 Å². The van der Waals surface area contributed by atoms with Crippen molar-refractivity contribution in [3.63, 3.8) is 0 Å². The van der Waals surface area contributed by atoms with Crippen LogP contribution in [0.5, 0.6) is 0 Å². The number of carbonyl (C=O) groups is 2. The van der Waals surface area contributed by atoms with Crippen molar-refractivity contribution in [3.8, 4) is 0 Å². The lowest BCUT2D eigenvalue weighted by atomic mass is 9.95. The smallest absolute Gasteiger partial charge is 0.237 e. The zero-order chi connectivity index (χ0) is 21.6. The Morgan fingerprint density at radius 3 is 2.48 bits per heavy atom. The van der Waals surface area contributed by atoms with Crippen molar-refractivity contribution >= 4 is 11.8 Å². The molecule has 1 N–H and O–H groups in total. The fourth-order valence-corrected chi connectivity index (χ4v) is 4.91. The number of piperidine rings is 1. The Morgan fingerprint density at radius 1 is 1.06 bits per heavy atom. The van der Waals surface area contributed by atoms with Crippen LogP contribution >= 0.6 is 0 Å². The van der Waals surface area contributed by atoms with Crippen molar-refractivity contribution in [2.75, 3.05) is 59.0 Å². The van der Waals surface area contributed by atoms with E-state index in [0.717, 1.165) is 65.3 Å². The van der Waals surface area contributed by atoms with Crippen LogP contribution < -0.4 is 5.32 Å². The van der Waals surface area contributed by atoms with Crippen LogP contribution in [-0.4, -0.2) is 91.6 Å². The molecule has 1 aromatic carbocycles. The number of likely N-dealkylation sites (tertiary alicyclic amines) is 1. The van der Waals surface area contributed by atoms with E-state index in [1.807, 2.05) is 4.90 Å². The predicted molar refractivity (Wildman–Crippen MR) is 120 cm³/mol. The summed E-state index contributed by atoms with van der Waals surface area (Å²) in [5.74, 6) is 0.743. The molecule has 4 rings (SSSR count). The van der Waals surface area contributed by atoms with Gasteiger partial charge in [-0.2, -0.15) is 0 Å². The van der Waals surface area contributed by atoms with Gasteiger partial charge in [0.05, 0.1) is 25.7 Å². The molecule has 3 saturated heterocycles. The van der Waals surface area contributed by atoms with Crippen molar-refractivity contribution in [1.82, 2.24) is 20.0 Å². The monoisotopic (exact) mass is 428 g/mol. The second-order valence-electron chi connectivity index (χ2n) is 9.20. The van der Waals surface area contributed by atoms with Crippen molar-refractivity contribution in [2.24, 2.45) is 5.92 Å². The van der Waals surface area contributed by atoms with Crippen molar-refractivity contribution < 1.29 is 14.3 Å². The molecule has 0 aromatic heterocycles. The van der Waals surface area contributed by atoms with Crippen LogP contribution in [-0.2, 0) is 20.9 Å². The van der Waals surface area contributed by atoms with Gasteiger partial charge in [-0.1, -0.05) is 29.8 Å². The van der Waals surface area contributed by atoms with E-state index in [0.29, 0.717) is 19.0 Å². The fraction of sp³-hybridized carbons (Fsp3) is 0.667. The summed E-state index contributed by atoms with van der Waals surface area (Å²) in [7, 11) is 0. The molecule has 0 saturated carbocycles. The van der Waals surface area contributed by atoms with Crippen molar-refractivity contribution in [3.05, 3.63) is 35.4 Å². The van der Waals surface area contributed by atoms with Gasteiger partial charge in [0.2, 0.25) is 11.8 Å². The van der Waals surface area contributed by atoms with E-state index in [9.17, 15) is 9.59 Å². The molecule has 3 fully saturated rings. The third-order valence-corrected chi connectivity index (χ3v) is 6.90. The Hall–Kier alpha value is -1.96. The number of nitrogens with one attached hydrogen (secondary N) is 1. The minimum atomic E-state index is -0.381. The van der Waals surface area contributed by atoms with E-state index >= 15 is 0 Å². The molecule has 3 aliphatic heterocycles. The molecule has 1 aromatic rings. The van der Waals surface area contributed by atoms with Crippen LogP contribution in [0.4, 0.5) is 0 Å². The predicted octanol–water partition coefficient (Wildman–Crippen LogP) is 1.26. The number of amides is 2. The summed E-state index contributed by atoms with van der Waals surface area (Å²) in [5, 5.41) is 2.95. The molecule has 31 heavy (non-hydrogen) atoms. The van der Waals surface area contributed by atoms with E-state index < -0.39 is 0 Å². The van der Waals surface area contributed by atoms with Gasteiger partial charge in [-0.25, -0.2) is 0 Å². The number of hydrogen-bond acceptors (Lipinski definition) is 5. The van der Waals surface area contributed by atoms with Gasteiger partial charge in [0.15, 0.2) is 0 Å². The molecule has 3 aliphatic rings. The lowest BCUT2D eigenvalue weighted by molar-refractivity contribution is -0.140. The van der Waals surface area contributed by atoms with Gasteiger partial charge in [0, 0.05) is 52.4 Å². The summed E-state index contributed by atoms with van der Waals surface area (Å²) in [6, 6.07) is 8.04. The number of benzene rings is 1. The molecular weight excluding hydrogens is 392 g/mol. The van der Waals surface area contributed by atoms with Gasteiger partial charge in [-0.3, -0.25) is 19.4 Å². The zero-order valence-corrected chi connectivity index (χ0v) is 18.7. The number of piperazine rings is 1. The molecular formula is C24H36N4O3. The highest BCUT2D eigenvalue weighted by atomic mass is 16.5. The third kappa shape index (κ3) is 6.05. The lowest BCUT2D eigenvalue weighted by Crippen LogP contribution is -2.56. The van der Waals surface area contributed by atoms with Crippen LogP contribution in [0.2, 0.25) is 0 Å². The number of carbonyl (C=O) groups excluding carboxylic acids is 2. The highest BCUT2D eigenvalue weighted by Gasteiger charge is 2.34. The van der Waals surface area contributed by atoms with Gasteiger partial charge >= 0.3 is 0 Å². The summed E-state index contributed by atoms with van der Waals surface area (Å²) in [5.41, 5.74) is 2.41. The summed E-state index contributed by atoms with van der Waals surface area (Å²) in [6.07, 6.45) is 2.37. The Bertz CT molecular complexity index is 740. The average molecular weight is 429 g/mol. The molecule has 3 heterocycles. The molecule has 0 radical (unpaired) electrons. The standard InChI is InChI=1S/C24H36N4O3/c1-19-2-4-20(5-3-19)18-28-11-8-25-24(30)22(28)16-23(29)27-9-6-21(7-10-27)17-26-12-14-31-15-13-26/h2-5,21-22H,6-18H2,1H3,(H,25,30). The van der Waals surface area contributed by atoms with E-state index in [4.69, 9.17) is 4.74 Å². The molecule has 1 atom stereocenters. The number of hydrogen-bond donors (Lipinski definition) is 1. The normalized spacial score (nSPS) is 24.2. The van der Waals surface area contributed by atoms with Gasteiger partial charge in [-0.05, 0) is 31.2 Å². The second kappa shape index (κ2) is 10.6. The minimum absolute atomic E-state index is 0.0195. The summed E-state index contributed by atoms with van der Waals surface area (Å²) in [4.78, 5) is 32.3. The molecule has 7 nitrogen and oxygen atoms in total. The van der Waals surface area contributed by atoms with Gasteiger partial charge < -0.3 is 15.0 Å². The SMILES string of the molecule is Cc1ccc(CN2CCNC(=O)C2CC(=O)N2CCC(CN3CCOCC3)CC2)cc1. The first-order chi connectivity index (χ1) is 15.1. The molecule has 2 amide bonds. The van der Waals surface area contributed by atoms with Gasteiger partial charge in [0.25, 0.3) is 0 Å². The Labute approximate surface area is 185 Å². The van der Waals surface area contributed by atoms with Gasteiger partial charge in [-0.15, -0.1) is 0 Å². The molecule has 0 spiro atoms. The second-order valence-corrected chi connectivity index (χ2v) is 9.20. The van der Waals surface area contributed by atoms with Crippen LogP contribution in [0.25, 0.3) is 0 Å². The maximum Gasteiger partial charge on any atom is 0.237 e.